The van der Waals surface area contributed by atoms with E-state index in [0.29, 0.717) is 5.92 Å². The quantitative estimate of drug-likeness (QED) is 0.316. The molecule has 0 saturated carbocycles. The lowest BCUT2D eigenvalue weighted by Crippen LogP contribution is -2.24. The second-order valence-electron chi connectivity index (χ2n) is 8.76. The molecule has 2 heterocycles. The molecule has 3 heteroatoms. The number of rotatable bonds is 8. The van der Waals surface area contributed by atoms with Gasteiger partial charge in [0.25, 0.3) is 0 Å². The fourth-order valence-electron chi connectivity index (χ4n) is 5.00. The summed E-state index contributed by atoms with van der Waals surface area (Å²) in [5.74, 6) is 1.67. The number of halogens is 1. The Bertz CT molecular complexity index is 499. The van der Waals surface area contributed by atoms with E-state index < -0.39 is 0 Å². The van der Waals surface area contributed by atoms with E-state index in [1.807, 2.05) is 12.1 Å². The molecule has 1 aromatic rings. The van der Waals surface area contributed by atoms with Crippen molar-refractivity contribution in [3.05, 3.63) is 35.6 Å². The van der Waals surface area contributed by atoms with Gasteiger partial charge < -0.3 is 0 Å². The summed E-state index contributed by atoms with van der Waals surface area (Å²) >= 11 is 0. The zero-order valence-corrected chi connectivity index (χ0v) is 18.7. The fraction of sp³-hybridized carbons (Fsp3) is 0.739. The lowest BCUT2D eigenvalue weighted by Gasteiger charge is -2.31. The molecule has 2 fully saturated rings. The number of hydrogen-bond acceptors (Lipinski definition) is 0. The van der Waals surface area contributed by atoms with Crippen LogP contribution in [0.3, 0.4) is 0 Å². The molecule has 0 aromatic heterocycles. The Hall–Kier alpha value is -0.416. The van der Waals surface area contributed by atoms with Gasteiger partial charge in [-0.25, -0.2) is 4.39 Å². The van der Waals surface area contributed by atoms with Gasteiger partial charge in [0.15, 0.2) is 0 Å². The molecule has 2 aliphatic rings. The summed E-state index contributed by atoms with van der Waals surface area (Å²) in [6, 6.07) is 16.7. The van der Waals surface area contributed by atoms with Crippen LogP contribution in [-0.2, 0) is 0 Å². The van der Waals surface area contributed by atoms with Gasteiger partial charge >= 0.3 is 0 Å². The molecule has 0 N–H and O–H groups in total. The third-order valence-electron chi connectivity index (χ3n) is 6.89. The highest BCUT2D eigenvalue weighted by Gasteiger charge is 2.26. The average Bonchev–Trinajstić information content (AvgIpc) is 2.69. The molecule has 3 rings (SSSR count). The van der Waals surface area contributed by atoms with Crippen molar-refractivity contribution < 1.29 is 4.39 Å². The molecule has 0 unspecified atom stereocenters. The van der Waals surface area contributed by atoms with Gasteiger partial charge in [-0.15, -0.1) is 0 Å². The molecular formula is C23H37FSi2. The van der Waals surface area contributed by atoms with E-state index in [2.05, 4.69) is 6.92 Å². The van der Waals surface area contributed by atoms with Crippen molar-refractivity contribution in [2.75, 3.05) is 0 Å². The summed E-state index contributed by atoms with van der Waals surface area (Å²) in [6.07, 6.45) is 11.7. The van der Waals surface area contributed by atoms with E-state index in [-0.39, 0.29) is 23.4 Å². The molecule has 2 radical (unpaired) electrons. The van der Waals surface area contributed by atoms with E-state index in [9.17, 15) is 4.39 Å². The second-order valence-corrected chi connectivity index (χ2v) is 14.8. The fourth-order valence-corrected chi connectivity index (χ4v) is 11.2. The van der Waals surface area contributed by atoms with Crippen LogP contribution in [0.25, 0.3) is 0 Å². The maximum atomic E-state index is 13.1. The largest absolute Gasteiger partial charge is 0.207 e. The third kappa shape index (κ3) is 6.33. The summed E-state index contributed by atoms with van der Waals surface area (Å²) in [6.45, 7) is 2.32. The predicted molar refractivity (Wildman–Crippen MR) is 116 cm³/mol. The van der Waals surface area contributed by atoms with Crippen LogP contribution in [0.15, 0.2) is 24.3 Å². The maximum absolute atomic E-state index is 13.1. The van der Waals surface area contributed by atoms with Crippen LogP contribution in [0.4, 0.5) is 4.39 Å². The van der Waals surface area contributed by atoms with Crippen molar-refractivity contribution >= 4 is 17.6 Å². The summed E-state index contributed by atoms with van der Waals surface area (Å²) in [5, 5.41) is 0. The van der Waals surface area contributed by atoms with Crippen molar-refractivity contribution in [3.8, 4) is 0 Å². The van der Waals surface area contributed by atoms with Crippen LogP contribution in [0.2, 0.25) is 36.3 Å². The molecule has 0 nitrogen and oxygen atoms in total. The first-order chi connectivity index (χ1) is 12.7. The van der Waals surface area contributed by atoms with E-state index >= 15 is 0 Å². The Balaban J connectivity index is 1.30. The van der Waals surface area contributed by atoms with Crippen LogP contribution in [0.1, 0.15) is 69.8 Å². The Morgan fingerprint density at radius 1 is 0.846 bits per heavy atom. The Kier molecular flexibility index (Phi) is 8.44. The molecule has 1 aromatic carbocycles. The summed E-state index contributed by atoms with van der Waals surface area (Å²) in [5.41, 5.74) is 1.37. The molecule has 0 amide bonds. The van der Waals surface area contributed by atoms with E-state index in [0.717, 1.165) is 5.92 Å². The minimum Gasteiger partial charge on any atom is -0.207 e. The lowest BCUT2D eigenvalue weighted by molar-refractivity contribution is 0.452. The Labute approximate surface area is 164 Å². The van der Waals surface area contributed by atoms with Crippen LogP contribution in [0.5, 0.6) is 0 Å². The van der Waals surface area contributed by atoms with E-state index in [1.165, 1.54) is 49.8 Å². The standard InChI is InChI=1S/C23H37FSi2/c1-2-3-4-14-25-15-9-20(10-16-25)11-17-26-18-12-22(13-19-26)21-5-7-23(24)8-6-21/h5-8,20,22H,2-4,9-19H2,1H3. The second kappa shape index (κ2) is 10.8. The number of benzene rings is 1. The van der Waals surface area contributed by atoms with Crippen molar-refractivity contribution in [3.63, 3.8) is 0 Å². The van der Waals surface area contributed by atoms with Gasteiger partial charge in [0, 0.05) is 17.6 Å². The van der Waals surface area contributed by atoms with Crippen LogP contribution < -0.4 is 0 Å². The van der Waals surface area contributed by atoms with E-state index in [1.54, 1.807) is 55.6 Å². The Morgan fingerprint density at radius 2 is 1.46 bits per heavy atom. The zero-order valence-electron chi connectivity index (χ0n) is 16.7. The van der Waals surface area contributed by atoms with Gasteiger partial charge in [0.1, 0.15) is 5.82 Å². The smallest absolute Gasteiger partial charge is 0.123 e. The molecular weight excluding hydrogens is 351 g/mol. The first-order valence-corrected chi connectivity index (χ1v) is 15.4. The average molecular weight is 389 g/mol. The van der Waals surface area contributed by atoms with Gasteiger partial charge in [0.05, 0.1) is 0 Å². The molecule has 0 aliphatic carbocycles. The molecule has 144 valence electrons. The normalized spacial score (nSPS) is 21.3. The third-order valence-corrected chi connectivity index (χ3v) is 12.9. The zero-order chi connectivity index (χ0) is 18.2. The highest BCUT2D eigenvalue weighted by Crippen LogP contribution is 2.37. The minimum absolute atomic E-state index is 0.0458. The summed E-state index contributed by atoms with van der Waals surface area (Å²) in [4.78, 5) is 0. The van der Waals surface area contributed by atoms with Crippen LogP contribution >= 0.6 is 0 Å². The highest BCUT2D eigenvalue weighted by molar-refractivity contribution is 6.59. The van der Waals surface area contributed by atoms with Gasteiger partial charge in [-0.05, 0) is 42.4 Å². The van der Waals surface area contributed by atoms with Gasteiger partial charge in [-0.2, -0.15) is 0 Å². The molecule has 2 aliphatic heterocycles. The molecule has 0 bridgehead atoms. The topological polar surface area (TPSA) is 0 Å². The van der Waals surface area contributed by atoms with Crippen molar-refractivity contribution in [1.82, 2.24) is 0 Å². The first kappa shape index (κ1) is 20.3. The predicted octanol–water partition coefficient (Wildman–Crippen LogP) is 7.68. The number of unbranched alkanes of at least 4 members (excludes halogenated alkanes) is 2. The molecule has 2 saturated heterocycles. The summed E-state index contributed by atoms with van der Waals surface area (Å²) in [7, 11) is -0.0450. The Morgan fingerprint density at radius 3 is 2.12 bits per heavy atom. The van der Waals surface area contributed by atoms with Crippen molar-refractivity contribution in [2.24, 2.45) is 5.92 Å². The monoisotopic (exact) mass is 388 g/mol. The molecule has 26 heavy (non-hydrogen) atoms. The molecule has 0 spiro atoms. The minimum atomic E-state index is -0.100. The summed E-state index contributed by atoms with van der Waals surface area (Å²) < 4.78 is 13.1. The number of hydrogen-bond donors (Lipinski definition) is 0. The lowest BCUT2D eigenvalue weighted by atomic mass is 9.93. The van der Waals surface area contributed by atoms with Crippen LogP contribution in [-0.4, -0.2) is 17.6 Å². The van der Waals surface area contributed by atoms with Crippen molar-refractivity contribution in [1.29, 1.82) is 0 Å². The van der Waals surface area contributed by atoms with Gasteiger partial charge in [-0.3, -0.25) is 0 Å². The van der Waals surface area contributed by atoms with Crippen LogP contribution in [0, 0.1) is 11.7 Å². The first-order valence-electron chi connectivity index (χ1n) is 11.2. The van der Waals surface area contributed by atoms with Gasteiger partial charge in [0.2, 0.25) is 0 Å². The van der Waals surface area contributed by atoms with E-state index in [4.69, 9.17) is 0 Å². The molecule has 0 atom stereocenters. The SMILES string of the molecule is CCCCC[Si]1CCC(CC[Si]2CCC(c3ccc(F)cc3)CC2)CC1. The highest BCUT2D eigenvalue weighted by atomic mass is 28.3. The van der Waals surface area contributed by atoms with Gasteiger partial charge in [-0.1, -0.05) is 93.8 Å². The van der Waals surface area contributed by atoms with Crippen molar-refractivity contribution in [2.45, 2.75) is 100 Å². The maximum Gasteiger partial charge on any atom is 0.123 e.